The maximum atomic E-state index is 13.5. The third-order valence-corrected chi connectivity index (χ3v) is 6.16. The van der Waals surface area contributed by atoms with Crippen LogP contribution in [-0.2, 0) is 33.4 Å². The first-order chi connectivity index (χ1) is 14.9. The van der Waals surface area contributed by atoms with Crippen LogP contribution in [0.25, 0.3) is 0 Å². The summed E-state index contributed by atoms with van der Waals surface area (Å²) in [7, 11) is 0. The summed E-state index contributed by atoms with van der Waals surface area (Å²) in [6.07, 6.45) is 1.42. The zero-order chi connectivity index (χ0) is 23.6. The number of hydrogen-bond acceptors (Lipinski definition) is 8. The van der Waals surface area contributed by atoms with Gasteiger partial charge >= 0.3 is 17.9 Å². The van der Waals surface area contributed by atoms with E-state index in [9.17, 15) is 29.1 Å². The van der Waals surface area contributed by atoms with Crippen molar-refractivity contribution in [3.63, 3.8) is 0 Å². The first kappa shape index (κ1) is 22.0. The Hall–Kier alpha value is -3.24. The molecule has 32 heavy (non-hydrogen) atoms. The maximum absolute atomic E-state index is 13.5. The minimum atomic E-state index is -1.72. The Bertz CT molecular complexity index is 1100. The number of fused-ring (bicyclic) bond motifs is 5. The van der Waals surface area contributed by atoms with Crippen molar-refractivity contribution < 1.29 is 43.3 Å². The number of hydrogen-bond donors (Lipinski definition) is 1. The molecule has 3 aliphatic heterocycles. The second-order valence-corrected chi connectivity index (χ2v) is 8.37. The molecule has 11 heteroatoms. The Kier molecular flexibility index (Phi) is 4.90. The van der Waals surface area contributed by atoms with Gasteiger partial charge in [0.25, 0.3) is 6.29 Å². The molecule has 4 atom stereocenters. The molecule has 0 radical (unpaired) electrons. The van der Waals surface area contributed by atoms with Gasteiger partial charge in [-0.15, -0.1) is 0 Å². The quantitative estimate of drug-likeness (QED) is 0.299. The molecule has 10 nitrogen and oxygen atoms in total. The second kappa shape index (κ2) is 7.14. The number of esters is 2. The van der Waals surface area contributed by atoms with Gasteiger partial charge < -0.3 is 19.3 Å². The zero-order valence-electron chi connectivity index (χ0n) is 17.2. The number of amides is 2. The molecule has 2 fully saturated rings. The van der Waals surface area contributed by atoms with Crippen LogP contribution in [0.4, 0.5) is 5.69 Å². The molecule has 2 bridgehead atoms. The van der Waals surface area contributed by atoms with Gasteiger partial charge in [-0.1, -0.05) is 17.7 Å². The fourth-order valence-corrected chi connectivity index (χ4v) is 4.83. The minimum Gasteiger partial charge on any atom is -0.478 e. The number of anilines is 1. The summed E-state index contributed by atoms with van der Waals surface area (Å²) in [4.78, 5) is 62.5. The fraction of sp³-hybridized carbons (Fsp3) is 0.381. The van der Waals surface area contributed by atoms with Crippen molar-refractivity contribution in [3.05, 3.63) is 40.9 Å². The van der Waals surface area contributed by atoms with Crippen LogP contribution < -0.4 is 4.90 Å². The van der Waals surface area contributed by atoms with E-state index < -0.39 is 59.1 Å². The summed E-state index contributed by atoms with van der Waals surface area (Å²) in [5, 5.41) is 9.29. The lowest BCUT2D eigenvalue weighted by Crippen LogP contribution is -2.52. The number of carboxylic acids is 1. The van der Waals surface area contributed by atoms with E-state index in [1.165, 1.54) is 18.2 Å². The van der Waals surface area contributed by atoms with Crippen molar-refractivity contribution in [2.75, 3.05) is 4.90 Å². The fourth-order valence-electron chi connectivity index (χ4n) is 4.63. The van der Waals surface area contributed by atoms with E-state index in [0.29, 0.717) is 0 Å². The molecular weight excluding hydrogens is 446 g/mol. The van der Waals surface area contributed by atoms with Gasteiger partial charge in [0.1, 0.15) is 0 Å². The number of rotatable bonds is 5. The number of imide groups is 1. The predicted molar refractivity (Wildman–Crippen MR) is 107 cm³/mol. The smallest absolute Gasteiger partial charge is 0.337 e. The molecule has 3 aliphatic rings. The van der Waals surface area contributed by atoms with Crippen LogP contribution in [0.3, 0.4) is 0 Å². The Balaban J connectivity index is 1.80. The molecule has 0 unspecified atom stereocenters. The van der Waals surface area contributed by atoms with Gasteiger partial charge in [0, 0.05) is 13.8 Å². The molecule has 4 rings (SSSR count). The number of aromatic carboxylic acids is 1. The van der Waals surface area contributed by atoms with Crippen molar-refractivity contribution in [1.82, 2.24) is 0 Å². The molecule has 1 aromatic carbocycles. The summed E-state index contributed by atoms with van der Waals surface area (Å²) in [5.74, 6) is -6.42. The third kappa shape index (κ3) is 3.01. The summed E-state index contributed by atoms with van der Waals surface area (Å²) < 4.78 is 16.4. The van der Waals surface area contributed by atoms with Crippen molar-refractivity contribution in [1.29, 1.82) is 0 Å². The lowest BCUT2D eigenvalue weighted by molar-refractivity contribution is -0.231. The number of carbonyl (C=O) groups is 5. The average Bonchev–Trinajstić information content (AvgIpc) is 3.27. The highest BCUT2D eigenvalue weighted by molar-refractivity contribution is 6.34. The molecule has 1 aromatic rings. The minimum absolute atomic E-state index is 0.0193. The highest BCUT2D eigenvalue weighted by Crippen LogP contribution is 2.59. The van der Waals surface area contributed by atoms with Crippen LogP contribution in [0.2, 0.25) is 5.02 Å². The van der Waals surface area contributed by atoms with Crippen LogP contribution >= 0.6 is 11.6 Å². The molecular formula is C21H18ClNO9. The van der Waals surface area contributed by atoms with E-state index in [-0.39, 0.29) is 16.3 Å². The van der Waals surface area contributed by atoms with Gasteiger partial charge in [-0.2, -0.15) is 0 Å². The summed E-state index contributed by atoms with van der Waals surface area (Å²) in [6, 6.07) is 3.76. The molecule has 3 heterocycles. The number of carboxylic acid groups (broad SMARTS) is 1. The molecule has 0 aliphatic carbocycles. The van der Waals surface area contributed by atoms with E-state index in [1.54, 1.807) is 13.0 Å². The van der Waals surface area contributed by atoms with E-state index in [0.717, 1.165) is 24.8 Å². The lowest BCUT2D eigenvalue weighted by atomic mass is 9.72. The second-order valence-electron chi connectivity index (χ2n) is 7.96. The van der Waals surface area contributed by atoms with Crippen molar-refractivity contribution in [2.24, 2.45) is 11.8 Å². The Morgan fingerprint density at radius 2 is 1.69 bits per heavy atom. The van der Waals surface area contributed by atoms with Crippen LogP contribution in [0.1, 0.15) is 31.1 Å². The Morgan fingerprint density at radius 1 is 1.09 bits per heavy atom. The highest BCUT2D eigenvalue weighted by atomic mass is 35.5. The molecule has 0 spiro atoms. The van der Waals surface area contributed by atoms with Crippen LogP contribution in [0.5, 0.6) is 0 Å². The van der Waals surface area contributed by atoms with Crippen molar-refractivity contribution >= 4 is 47.0 Å². The lowest BCUT2D eigenvalue weighted by Gasteiger charge is -2.34. The summed E-state index contributed by atoms with van der Waals surface area (Å²) >= 11 is 5.91. The van der Waals surface area contributed by atoms with Gasteiger partial charge in [-0.3, -0.25) is 19.2 Å². The number of halogens is 1. The molecule has 1 N–H and O–H groups in total. The molecule has 168 valence electrons. The number of benzene rings is 1. The van der Waals surface area contributed by atoms with Crippen molar-refractivity contribution in [2.45, 2.75) is 38.3 Å². The zero-order valence-corrected chi connectivity index (χ0v) is 17.9. The third-order valence-electron chi connectivity index (χ3n) is 5.83. The maximum Gasteiger partial charge on any atom is 0.337 e. The largest absolute Gasteiger partial charge is 0.478 e. The average molecular weight is 464 g/mol. The Morgan fingerprint density at radius 3 is 2.25 bits per heavy atom. The van der Waals surface area contributed by atoms with Gasteiger partial charge in [-0.05, 0) is 31.2 Å². The summed E-state index contributed by atoms with van der Waals surface area (Å²) in [5.41, 5.74) is -3.23. The molecule has 2 amide bonds. The van der Waals surface area contributed by atoms with E-state index >= 15 is 0 Å². The first-order valence-corrected chi connectivity index (χ1v) is 9.95. The number of carbonyl (C=O) groups excluding carboxylic acids is 4. The predicted octanol–water partition coefficient (Wildman–Crippen LogP) is 1.69. The number of nitrogens with zero attached hydrogens (tertiary/aromatic N) is 1. The first-order valence-electron chi connectivity index (χ1n) is 9.57. The number of ether oxygens (including phenoxy) is 3. The van der Waals surface area contributed by atoms with E-state index in [1.807, 2.05) is 0 Å². The van der Waals surface area contributed by atoms with E-state index in [4.69, 9.17) is 25.8 Å². The summed E-state index contributed by atoms with van der Waals surface area (Å²) in [6.45, 7) is 3.80. The highest BCUT2D eigenvalue weighted by Gasteiger charge is 2.76. The topological polar surface area (TPSA) is 137 Å². The normalized spacial score (nSPS) is 30.1. The Labute approximate surface area is 186 Å². The van der Waals surface area contributed by atoms with E-state index in [2.05, 4.69) is 0 Å². The van der Waals surface area contributed by atoms with Crippen molar-refractivity contribution in [3.8, 4) is 0 Å². The van der Waals surface area contributed by atoms with Crippen LogP contribution in [-0.4, -0.2) is 52.3 Å². The molecule has 2 saturated heterocycles. The molecule has 0 saturated carbocycles. The van der Waals surface area contributed by atoms with Crippen LogP contribution in [0, 0.1) is 11.8 Å². The van der Waals surface area contributed by atoms with Gasteiger partial charge in [0.05, 0.1) is 33.7 Å². The SMILES string of the molecule is CC(=O)OC(OC(C)=O)[C@@]12C=C[C@@](C)(O1)[C@@H]1C(=O)N(c3ccc(Cl)c(C(=O)O)c3)C(=O)[C@@H]12. The standard InChI is InChI=1S/C21H18ClNO9/c1-9(24)30-19(31-10(2)25)21-7-6-20(3,32-21)14-15(21)17(27)23(16(14)26)11-4-5-13(22)12(8-11)18(28)29/h4-8,14-15,19H,1-3H3,(H,28,29)/t14-,15+,20+,21-/m0/s1. The molecule has 0 aromatic heterocycles. The monoisotopic (exact) mass is 463 g/mol. The van der Waals surface area contributed by atoms with Crippen LogP contribution in [0.15, 0.2) is 30.4 Å². The van der Waals surface area contributed by atoms with Gasteiger partial charge in [0.2, 0.25) is 11.8 Å². The van der Waals surface area contributed by atoms with Gasteiger partial charge in [-0.25, -0.2) is 9.69 Å². The van der Waals surface area contributed by atoms with Gasteiger partial charge in [0.15, 0.2) is 5.60 Å².